The highest BCUT2D eigenvalue weighted by Crippen LogP contribution is 2.23. The predicted octanol–water partition coefficient (Wildman–Crippen LogP) is 3.03. The average Bonchev–Trinajstić information content (AvgIpc) is 2.48. The molecule has 3 nitrogen and oxygen atoms in total. The van der Waals surface area contributed by atoms with Crippen LogP contribution in [0, 0.1) is 6.92 Å². The molecule has 0 saturated carbocycles. The highest BCUT2D eigenvalue weighted by molar-refractivity contribution is 9.10. The molecule has 0 spiro atoms. The molecule has 1 N–H and O–H groups in total. The molecule has 0 bridgehead atoms. The zero-order chi connectivity index (χ0) is 10.1. The summed E-state index contributed by atoms with van der Waals surface area (Å²) >= 11 is 3.47. The Balaban J connectivity index is 2.54. The van der Waals surface area contributed by atoms with Crippen molar-refractivity contribution < 1.29 is 4.74 Å². The second kappa shape index (κ2) is 3.61. The third-order valence-corrected chi connectivity index (χ3v) is 2.88. The van der Waals surface area contributed by atoms with Gasteiger partial charge in [0.25, 0.3) is 6.01 Å². The normalized spacial score (nSPS) is 10.8. The van der Waals surface area contributed by atoms with Crippen molar-refractivity contribution >= 4 is 27.0 Å². The maximum absolute atomic E-state index is 5.29. The van der Waals surface area contributed by atoms with E-state index in [0.29, 0.717) is 12.6 Å². The molecule has 0 aliphatic carbocycles. The van der Waals surface area contributed by atoms with E-state index in [-0.39, 0.29) is 0 Å². The number of hydrogen-bond acceptors (Lipinski definition) is 2. The number of aryl methyl sites for hydroxylation is 1. The summed E-state index contributed by atoms with van der Waals surface area (Å²) in [5.41, 5.74) is 3.12. The SMILES string of the molecule is CCOc1nc2cc(Br)c(C)cc2[nH]1. The monoisotopic (exact) mass is 254 g/mol. The summed E-state index contributed by atoms with van der Waals surface area (Å²) in [4.78, 5) is 7.41. The maximum Gasteiger partial charge on any atom is 0.294 e. The van der Waals surface area contributed by atoms with Crippen LogP contribution in [0.25, 0.3) is 11.0 Å². The summed E-state index contributed by atoms with van der Waals surface area (Å²) < 4.78 is 6.36. The number of aromatic amines is 1. The summed E-state index contributed by atoms with van der Waals surface area (Å²) in [6, 6.07) is 4.62. The Morgan fingerprint density at radius 3 is 3.00 bits per heavy atom. The second-order valence-electron chi connectivity index (χ2n) is 3.09. The minimum absolute atomic E-state index is 0.583. The van der Waals surface area contributed by atoms with Gasteiger partial charge < -0.3 is 9.72 Å². The van der Waals surface area contributed by atoms with E-state index in [1.165, 1.54) is 5.56 Å². The Hall–Kier alpha value is -1.03. The molecular weight excluding hydrogens is 244 g/mol. The van der Waals surface area contributed by atoms with Gasteiger partial charge in [-0.25, -0.2) is 0 Å². The number of fused-ring (bicyclic) bond motifs is 1. The lowest BCUT2D eigenvalue weighted by Gasteiger charge is -1.95. The van der Waals surface area contributed by atoms with Crippen LogP contribution < -0.4 is 4.74 Å². The molecule has 0 atom stereocenters. The third kappa shape index (κ3) is 1.62. The molecule has 4 heteroatoms. The molecule has 0 radical (unpaired) electrons. The molecular formula is C10H11BrN2O. The van der Waals surface area contributed by atoms with E-state index in [4.69, 9.17) is 4.74 Å². The molecule has 0 saturated heterocycles. The van der Waals surface area contributed by atoms with E-state index >= 15 is 0 Å². The highest BCUT2D eigenvalue weighted by Gasteiger charge is 2.05. The first-order chi connectivity index (χ1) is 6.70. The molecule has 1 heterocycles. The number of hydrogen-bond donors (Lipinski definition) is 1. The lowest BCUT2D eigenvalue weighted by atomic mass is 10.2. The van der Waals surface area contributed by atoms with Crippen molar-refractivity contribution in [1.29, 1.82) is 0 Å². The lowest BCUT2D eigenvalue weighted by molar-refractivity contribution is 0.317. The van der Waals surface area contributed by atoms with Gasteiger partial charge >= 0.3 is 0 Å². The van der Waals surface area contributed by atoms with Crippen molar-refractivity contribution in [3.8, 4) is 6.01 Å². The Kier molecular flexibility index (Phi) is 2.46. The standard InChI is InChI=1S/C10H11BrN2O/c1-3-14-10-12-8-4-6(2)7(11)5-9(8)13-10/h4-5H,3H2,1-2H3,(H,12,13). The third-order valence-electron chi connectivity index (χ3n) is 2.02. The van der Waals surface area contributed by atoms with Gasteiger partial charge in [0.15, 0.2) is 0 Å². The van der Waals surface area contributed by atoms with Crippen LogP contribution in [0.2, 0.25) is 0 Å². The van der Waals surface area contributed by atoms with Gasteiger partial charge in [0.1, 0.15) is 0 Å². The van der Waals surface area contributed by atoms with Crippen molar-refractivity contribution in [3.63, 3.8) is 0 Å². The van der Waals surface area contributed by atoms with E-state index in [9.17, 15) is 0 Å². The van der Waals surface area contributed by atoms with Crippen LogP contribution in [-0.4, -0.2) is 16.6 Å². The number of H-pyrrole nitrogens is 1. The van der Waals surface area contributed by atoms with E-state index < -0.39 is 0 Å². The fraction of sp³-hybridized carbons (Fsp3) is 0.300. The molecule has 0 fully saturated rings. The van der Waals surface area contributed by atoms with Crippen molar-refractivity contribution in [1.82, 2.24) is 9.97 Å². The largest absolute Gasteiger partial charge is 0.465 e. The zero-order valence-electron chi connectivity index (χ0n) is 8.10. The molecule has 14 heavy (non-hydrogen) atoms. The van der Waals surface area contributed by atoms with E-state index in [2.05, 4.69) is 32.0 Å². The number of nitrogens with one attached hydrogen (secondary N) is 1. The number of ether oxygens (including phenoxy) is 1. The van der Waals surface area contributed by atoms with E-state index in [1.807, 2.05) is 19.9 Å². The van der Waals surface area contributed by atoms with E-state index in [0.717, 1.165) is 15.5 Å². The van der Waals surface area contributed by atoms with Crippen LogP contribution in [0.5, 0.6) is 6.01 Å². The Morgan fingerprint density at radius 1 is 1.50 bits per heavy atom. The van der Waals surface area contributed by atoms with Gasteiger partial charge in [0, 0.05) is 4.47 Å². The van der Waals surface area contributed by atoms with Crippen LogP contribution >= 0.6 is 15.9 Å². The van der Waals surface area contributed by atoms with Gasteiger partial charge in [-0.1, -0.05) is 15.9 Å². The number of rotatable bonds is 2. The van der Waals surface area contributed by atoms with Crippen molar-refractivity contribution in [3.05, 3.63) is 22.2 Å². The summed E-state index contributed by atoms with van der Waals surface area (Å²) in [6.45, 7) is 4.61. The summed E-state index contributed by atoms with van der Waals surface area (Å²) in [5.74, 6) is 0. The van der Waals surface area contributed by atoms with Gasteiger partial charge in [-0.2, -0.15) is 4.98 Å². The molecule has 1 aromatic carbocycles. The van der Waals surface area contributed by atoms with Gasteiger partial charge in [0.2, 0.25) is 0 Å². The Labute approximate surface area is 90.6 Å². The first-order valence-corrected chi connectivity index (χ1v) is 5.28. The smallest absolute Gasteiger partial charge is 0.294 e. The summed E-state index contributed by atoms with van der Waals surface area (Å²) in [5, 5.41) is 0. The first kappa shape index (κ1) is 9.52. The van der Waals surface area contributed by atoms with Crippen molar-refractivity contribution in [2.45, 2.75) is 13.8 Å². The number of benzene rings is 1. The fourth-order valence-corrected chi connectivity index (χ4v) is 1.65. The van der Waals surface area contributed by atoms with Gasteiger partial charge in [-0.3, -0.25) is 0 Å². The van der Waals surface area contributed by atoms with Gasteiger partial charge in [-0.05, 0) is 31.5 Å². The van der Waals surface area contributed by atoms with Gasteiger partial charge in [0.05, 0.1) is 17.6 Å². The predicted molar refractivity (Wildman–Crippen MR) is 59.7 cm³/mol. The maximum atomic E-state index is 5.29. The molecule has 0 unspecified atom stereocenters. The second-order valence-corrected chi connectivity index (χ2v) is 3.95. The topological polar surface area (TPSA) is 37.9 Å². The van der Waals surface area contributed by atoms with Gasteiger partial charge in [-0.15, -0.1) is 0 Å². The van der Waals surface area contributed by atoms with Crippen LogP contribution in [0.3, 0.4) is 0 Å². The quantitative estimate of drug-likeness (QED) is 0.895. The van der Waals surface area contributed by atoms with E-state index in [1.54, 1.807) is 0 Å². The van der Waals surface area contributed by atoms with Crippen molar-refractivity contribution in [2.75, 3.05) is 6.61 Å². The minimum atomic E-state index is 0.583. The number of imidazole rings is 1. The molecule has 1 aromatic heterocycles. The molecule has 2 aromatic rings. The number of aromatic nitrogens is 2. The van der Waals surface area contributed by atoms with Crippen LogP contribution in [0.1, 0.15) is 12.5 Å². The Bertz CT molecular complexity index is 425. The molecule has 0 aliphatic heterocycles. The molecule has 74 valence electrons. The minimum Gasteiger partial charge on any atom is -0.465 e. The van der Waals surface area contributed by atoms with Crippen LogP contribution in [0.4, 0.5) is 0 Å². The first-order valence-electron chi connectivity index (χ1n) is 4.49. The molecule has 2 rings (SSSR count). The van der Waals surface area contributed by atoms with Crippen LogP contribution in [0.15, 0.2) is 16.6 Å². The Morgan fingerprint density at radius 2 is 2.29 bits per heavy atom. The lowest BCUT2D eigenvalue weighted by Crippen LogP contribution is -1.92. The fourth-order valence-electron chi connectivity index (χ4n) is 1.32. The molecule has 0 amide bonds. The number of halogens is 1. The van der Waals surface area contributed by atoms with Crippen molar-refractivity contribution in [2.24, 2.45) is 0 Å². The molecule has 0 aliphatic rings. The number of nitrogens with zero attached hydrogens (tertiary/aromatic N) is 1. The van der Waals surface area contributed by atoms with Crippen LogP contribution in [-0.2, 0) is 0 Å². The zero-order valence-corrected chi connectivity index (χ0v) is 9.68. The average molecular weight is 255 g/mol. The highest BCUT2D eigenvalue weighted by atomic mass is 79.9. The summed E-state index contributed by atoms with van der Waals surface area (Å²) in [7, 11) is 0. The summed E-state index contributed by atoms with van der Waals surface area (Å²) in [6.07, 6.45) is 0.